The molecule has 2 N–H and O–H groups in total. The van der Waals surface area contributed by atoms with Gasteiger partial charge in [0.15, 0.2) is 0 Å². The van der Waals surface area contributed by atoms with Crippen molar-refractivity contribution in [2.24, 2.45) is 0 Å². The van der Waals surface area contributed by atoms with E-state index < -0.39 is 7.82 Å². The maximum Gasteiger partial charge on any atom is 0.472 e. The third-order valence-electron chi connectivity index (χ3n) is 2.85. The molecule has 0 atom stereocenters. The number of phosphoric ester groups is 1. The molecular formula is C14H32NO5P. The highest BCUT2D eigenvalue weighted by molar-refractivity contribution is 7.47. The van der Waals surface area contributed by atoms with Gasteiger partial charge in [-0.1, -0.05) is 39.5 Å². The Morgan fingerprint density at radius 2 is 1.48 bits per heavy atom. The minimum Gasteiger partial charge on any atom is -0.379 e. The summed E-state index contributed by atoms with van der Waals surface area (Å²) in [5.41, 5.74) is 0. The van der Waals surface area contributed by atoms with Crippen LogP contribution >= 0.6 is 7.82 Å². The van der Waals surface area contributed by atoms with Gasteiger partial charge in [-0.15, -0.1) is 0 Å². The molecule has 1 heterocycles. The van der Waals surface area contributed by atoms with Crippen molar-refractivity contribution >= 4 is 7.82 Å². The Balaban J connectivity index is 0.000000547. The fourth-order valence-electron chi connectivity index (χ4n) is 1.62. The van der Waals surface area contributed by atoms with Crippen molar-refractivity contribution in [1.82, 2.24) is 5.32 Å². The molecule has 0 aromatic carbocycles. The Labute approximate surface area is 129 Å². The monoisotopic (exact) mass is 325 g/mol. The highest BCUT2D eigenvalue weighted by atomic mass is 31.2. The molecule has 1 rings (SSSR count). The Morgan fingerprint density at radius 3 is 1.76 bits per heavy atom. The Kier molecular flexibility index (Phi) is 15.0. The fourth-order valence-corrected chi connectivity index (χ4v) is 2.41. The third kappa shape index (κ3) is 16.2. The summed E-state index contributed by atoms with van der Waals surface area (Å²) in [6.07, 6.45) is 5.76. The molecule has 0 unspecified atom stereocenters. The molecule has 0 aromatic heterocycles. The molecule has 0 aliphatic carbocycles. The van der Waals surface area contributed by atoms with Gasteiger partial charge in [0.05, 0.1) is 26.4 Å². The Morgan fingerprint density at radius 1 is 1.00 bits per heavy atom. The van der Waals surface area contributed by atoms with Crippen LogP contribution in [0.1, 0.15) is 52.4 Å². The number of unbranched alkanes of at least 4 members (excludes halogenated alkanes) is 4. The molecule has 7 heteroatoms. The molecule has 0 saturated carbocycles. The number of nitrogens with one attached hydrogen (secondary N) is 1. The maximum absolute atomic E-state index is 11.3. The molecule has 1 aliphatic heterocycles. The molecule has 1 saturated heterocycles. The second-order valence-electron chi connectivity index (χ2n) is 4.91. The van der Waals surface area contributed by atoms with E-state index >= 15 is 0 Å². The van der Waals surface area contributed by atoms with Crippen LogP contribution in [-0.2, 0) is 18.3 Å². The number of phosphoric acid groups is 1. The molecule has 0 bridgehead atoms. The summed E-state index contributed by atoms with van der Waals surface area (Å²) in [6.45, 7) is 8.57. The van der Waals surface area contributed by atoms with Crippen molar-refractivity contribution in [2.75, 3.05) is 39.5 Å². The summed E-state index contributed by atoms with van der Waals surface area (Å²) < 4.78 is 25.9. The lowest BCUT2D eigenvalue weighted by Crippen LogP contribution is -2.30. The molecule has 1 aliphatic rings. The largest absolute Gasteiger partial charge is 0.472 e. The van der Waals surface area contributed by atoms with Crippen molar-refractivity contribution in [3.8, 4) is 0 Å². The lowest BCUT2D eigenvalue weighted by Gasteiger charge is -2.11. The quantitative estimate of drug-likeness (QED) is 0.475. The minimum atomic E-state index is -3.77. The van der Waals surface area contributed by atoms with E-state index in [2.05, 4.69) is 19.2 Å². The highest BCUT2D eigenvalue weighted by Gasteiger charge is 2.19. The summed E-state index contributed by atoms with van der Waals surface area (Å²) in [6, 6.07) is 0. The molecule has 6 nitrogen and oxygen atoms in total. The molecule has 128 valence electrons. The molecule has 21 heavy (non-hydrogen) atoms. The number of ether oxygens (including phenoxy) is 1. The molecule has 1 fully saturated rings. The number of morpholine rings is 1. The van der Waals surface area contributed by atoms with Gasteiger partial charge in [-0.25, -0.2) is 4.57 Å². The van der Waals surface area contributed by atoms with E-state index in [1.807, 2.05) is 0 Å². The zero-order valence-electron chi connectivity index (χ0n) is 13.5. The predicted molar refractivity (Wildman–Crippen MR) is 84.5 cm³/mol. The number of hydrogen-bond donors (Lipinski definition) is 2. The van der Waals surface area contributed by atoms with Gasteiger partial charge >= 0.3 is 7.82 Å². The van der Waals surface area contributed by atoms with Gasteiger partial charge in [0, 0.05) is 13.1 Å². The van der Waals surface area contributed by atoms with Gasteiger partial charge in [0.25, 0.3) is 0 Å². The highest BCUT2D eigenvalue weighted by Crippen LogP contribution is 2.43. The van der Waals surface area contributed by atoms with Gasteiger partial charge in [-0.05, 0) is 12.8 Å². The zero-order valence-corrected chi connectivity index (χ0v) is 14.4. The smallest absolute Gasteiger partial charge is 0.379 e. The van der Waals surface area contributed by atoms with Crippen molar-refractivity contribution in [1.29, 1.82) is 0 Å². The first-order chi connectivity index (χ1) is 10.1. The SMILES string of the molecule is C1COCCN1.CCCCCOP(=O)(O)OCCCCC. The maximum atomic E-state index is 11.3. The first kappa shape index (κ1) is 21.0. The van der Waals surface area contributed by atoms with E-state index in [0.717, 1.165) is 64.8 Å². The molecule has 0 aromatic rings. The lowest BCUT2D eigenvalue weighted by molar-refractivity contribution is 0.109. The lowest BCUT2D eigenvalue weighted by atomic mass is 10.3. The number of hydrogen-bond acceptors (Lipinski definition) is 5. The van der Waals surface area contributed by atoms with Crippen LogP contribution in [0, 0.1) is 0 Å². The van der Waals surface area contributed by atoms with Crippen LogP contribution in [0.2, 0.25) is 0 Å². The minimum absolute atomic E-state index is 0.301. The third-order valence-corrected chi connectivity index (χ3v) is 3.87. The van der Waals surface area contributed by atoms with Crippen LogP contribution in [-0.4, -0.2) is 44.4 Å². The van der Waals surface area contributed by atoms with Gasteiger partial charge < -0.3 is 14.9 Å². The number of rotatable bonds is 10. The van der Waals surface area contributed by atoms with Crippen molar-refractivity contribution in [3.05, 3.63) is 0 Å². The zero-order chi connectivity index (χ0) is 15.8. The van der Waals surface area contributed by atoms with Gasteiger partial charge in [0.1, 0.15) is 0 Å². The van der Waals surface area contributed by atoms with Crippen LogP contribution in [0.5, 0.6) is 0 Å². The average Bonchev–Trinajstić information content (AvgIpc) is 2.51. The molecular weight excluding hydrogens is 293 g/mol. The Hall–Kier alpha value is 0.0300. The van der Waals surface area contributed by atoms with Gasteiger partial charge in [0.2, 0.25) is 0 Å². The topological polar surface area (TPSA) is 77.0 Å². The Bertz CT molecular complexity index is 234. The van der Waals surface area contributed by atoms with E-state index in [1.54, 1.807) is 0 Å². The van der Waals surface area contributed by atoms with Crippen LogP contribution in [0.25, 0.3) is 0 Å². The first-order valence-corrected chi connectivity index (χ1v) is 9.52. The van der Waals surface area contributed by atoms with E-state index in [0.29, 0.717) is 13.2 Å². The van der Waals surface area contributed by atoms with E-state index in [-0.39, 0.29) is 0 Å². The molecule has 0 amide bonds. The normalized spacial score (nSPS) is 15.4. The van der Waals surface area contributed by atoms with E-state index in [1.165, 1.54) is 0 Å². The van der Waals surface area contributed by atoms with Crippen molar-refractivity contribution in [3.63, 3.8) is 0 Å². The van der Waals surface area contributed by atoms with Crippen LogP contribution in [0.3, 0.4) is 0 Å². The molecule has 0 radical (unpaired) electrons. The van der Waals surface area contributed by atoms with E-state index in [4.69, 9.17) is 13.8 Å². The summed E-state index contributed by atoms with van der Waals surface area (Å²) >= 11 is 0. The second kappa shape index (κ2) is 14.9. The van der Waals surface area contributed by atoms with Crippen LogP contribution < -0.4 is 5.32 Å². The summed E-state index contributed by atoms with van der Waals surface area (Å²) in [5.74, 6) is 0. The summed E-state index contributed by atoms with van der Waals surface area (Å²) in [4.78, 5) is 9.22. The predicted octanol–water partition coefficient (Wildman–Crippen LogP) is 3.11. The summed E-state index contributed by atoms with van der Waals surface area (Å²) in [7, 11) is -3.77. The molecule has 0 spiro atoms. The van der Waals surface area contributed by atoms with Crippen LogP contribution in [0.4, 0.5) is 0 Å². The summed E-state index contributed by atoms with van der Waals surface area (Å²) in [5, 5.41) is 3.16. The average molecular weight is 325 g/mol. The first-order valence-electron chi connectivity index (χ1n) is 8.02. The van der Waals surface area contributed by atoms with Crippen molar-refractivity contribution < 1.29 is 23.2 Å². The second-order valence-corrected chi connectivity index (χ2v) is 6.37. The van der Waals surface area contributed by atoms with Gasteiger partial charge in [-0.3, -0.25) is 9.05 Å². The van der Waals surface area contributed by atoms with Crippen molar-refractivity contribution in [2.45, 2.75) is 52.4 Å². The van der Waals surface area contributed by atoms with Crippen LogP contribution in [0.15, 0.2) is 0 Å². The van der Waals surface area contributed by atoms with E-state index in [9.17, 15) is 9.46 Å². The fraction of sp³-hybridized carbons (Fsp3) is 1.00. The standard InChI is InChI=1S/C10H23O4P.C4H9NO/c1-3-5-7-9-13-15(11,12)14-10-8-6-4-2;1-3-6-4-2-5-1/h3-10H2,1-2H3,(H,11,12);5H,1-4H2. The van der Waals surface area contributed by atoms with Gasteiger partial charge in [-0.2, -0.15) is 0 Å².